The summed E-state index contributed by atoms with van der Waals surface area (Å²) in [5, 5.41) is 13.3. The Morgan fingerprint density at radius 2 is 2.06 bits per heavy atom. The highest BCUT2D eigenvalue weighted by Crippen LogP contribution is 2.49. The summed E-state index contributed by atoms with van der Waals surface area (Å²) < 4.78 is 44.3. The van der Waals surface area contributed by atoms with Crippen molar-refractivity contribution in [2.45, 2.75) is 23.5 Å². The molecule has 0 saturated carbocycles. The molecule has 0 amide bonds. The molecule has 5 rings (SSSR count). The van der Waals surface area contributed by atoms with E-state index in [0.717, 1.165) is 11.3 Å². The van der Waals surface area contributed by atoms with Crippen LogP contribution in [0.3, 0.4) is 0 Å². The fourth-order valence-electron chi connectivity index (χ4n) is 4.80. The molecule has 0 radical (unpaired) electrons. The van der Waals surface area contributed by atoms with Crippen molar-refractivity contribution in [3.8, 4) is 11.1 Å². The first kappa shape index (κ1) is 20.2. The number of aliphatic hydroxyl groups is 1. The van der Waals surface area contributed by atoms with Crippen LogP contribution in [0.15, 0.2) is 60.0 Å². The third kappa shape index (κ3) is 3.24. The van der Waals surface area contributed by atoms with Gasteiger partial charge in [0.2, 0.25) is 0 Å². The number of hydrogen-bond donors (Lipinski definition) is 2. The van der Waals surface area contributed by atoms with Gasteiger partial charge in [-0.1, -0.05) is 24.3 Å². The maximum atomic E-state index is 14.4. The Morgan fingerprint density at radius 1 is 1.26 bits per heavy atom. The lowest BCUT2D eigenvalue weighted by atomic mass is 9.82. The van der Waals surface area contributed by atoms with Crippen LogP contribution in [0, 0.1) is 11.7 Å². The molecule has 3 heterocycles. The Kier molecular flexibility index (Phi) is 4.84. The van der Waals surface area contributed by atoms with E-state index >= 15 is 0 Å². The van der Waals surface area contributed by atoms with E-state index in [1.807, 2.05) is 18.2 Å². The van der Waals surface area contributed by atoms with Crippen LogP contribution in [-0.4, -0.2) is 46.6 Å². The van der Waals surface area contributed by atoms with Crippen molar-refractivity contribution in [1.82, 2.24) is 13.9 Å². The van der Waals surface area contributed by atoms with Gasteiger partial charge in [-0.3, -0.25) is 0 Å². The number of aryl methyl sites for hydroxylation is 1. The molecule has 31 heavy (non-hydrogen) atoms. The predicted molar refractivity (Wildman–Crippen MR) is 114 cm³/mol. The average Bonchev–Trinajstić information content (AvgIpc) is 3.41. The van der Waals surface area contributed by atoms with Gasteiger partial charge in [-0.15, -0.1) is 0 Å². The monoisotopic (exact) mass is 442 g/mol. The van der Waals surface area contributed by atoms with Crippen molar-refractivity contribution < 1.29 is 17.9 Å². The zero-order valence-electron chi connectivity index (χ0n) is 16.9. The molecule has 2 aliphatic rings. The summed E-state index contributed by atoms with van der Waals surface area (Å²) in [6.07, 6.45) is 3.56. The maximum absolute atomic E-state index is 14.4. The number of benzene rings is 2. The highest BCUT2D eigenvalue weighted by molar-refractivity contribution is 7.89. The lowest BCUT2D eigenvalue weighted by molar-refractivity contribution is 0.210. The smallest absolute Gasteiger partial charge is 0.262 e. The number of halogens is 1. The molecule has 1 aromatic heterocycles. The van der Waals surface area contributed by atoms with Gasteiger partial charge >= 0.3 is 0 Å². The van der Waals surface area contributed by atoms with Gasteiger partial charge in [0.15, 0.2) is 5.03 Å². The van der Waals surface area contributed by atoms with E-state index in [0.29, 0.717) is 24.1 Å². The van der Waals surface area contributed by atoms with Gasteiger partial charge in [-0.2, -0.15) is 4.31 Å². The van der Waals surface area contributed by atoms with Crippen molar-refractivity contribution >= 4 is 15.7 Å². The number of nitrogens with one attached hydrogen (secondary N) is 1. The number of fused-ring (bicyclic) bond motifs is 3. The average molecular weight is 443 g/mol. The molecule has 3 atom stereocenters. The van der Waals surface area contributed by atoms with Gasteiger partial charge in [-0.05, 0) is 35.7 Å². The molecular weight excluding hydrogens is 419 g/mol. The predicted octanol–water partition coefficient (Wildman–Crippen LogP) is 2.76. The third-order valence-electron chi connectivity index (χ3n) is 6.26. The molecular formula is C22H23FN4O3S. The molecule has 7 nitrogen and oxygen atoms in total. The van der Waals surface area contributed by atoms with Gasteiger partial charge < -0.3 is 15.0 Å². The molecule has 1 fully saturated rings. The first-order valence-electron chi connectivity index (χ1n) is 10.2. The van der Waals surface area contributed by atoms with Gasteiger partial charge in [-0.25, -0.2) is 17.8 Å². The topological polar surface area (TPSA) is 87.5 Å². The summed E-state index contributed by atoms with van der Waals surface area (Å²) in [6.45, 7) is 0.225. The molecule has 0 aliphatic carbocycles. The third-order valence-corrected chi connectivity index (χ3v) is 8.03. The molecule has 2 N–H and O–H groups in total. The number of nitrogens with zero attached hydrogens (tertiary/aromatic N) is 3. The van der Waals surface area contributed by atoms with Crippen LogP contribution < -0.4 is 5.32 Å². The zero-order valence-corrected chi connectivity index (χ0v) is 17.8. The summed E-state index contributed by atoms with van der Waals surface area (Å²) in [5.74, 6) is -0.438. The summed E-state index contributed by atoms with van der Waals surface area (Å²) in [6, 6.07) is 11.3. The molecule has 0 bridgehead atoms. The van der Waals surface area contributed by atoms with Crippen LogP contribution in [0.4, 0.5) is 10.1 Å². The quantitative estimate of drug-likeness (QED) is 0.649. The molecule has 1 saturated heterocycles. The zero-order chi connectivity index (χ0) is 21.8. The highest BCUT2D eigenvalue weighted by Gasteiger charge is 2.49. The van der Waals surface area contributed by atoms with Crippen LogP contribution in [-0.2, 0) is 17.1 Å². The molecule has 0 unspecified atom stereocenters. The van der Waals surface area contributed by atoms with E-state index in [1.54, 1.807) is 29.8 Å². The molecule has 9 heteroatoms. The second-order valence-corrected chi connectivity index (χ2v) is 9.94. The number of rotatable bonds is 4. The largest absolute Gasteiger partial charge is 0.394 e. The number of imidazole rings is 1. The van der Waals surface area contributed by atoms with E-state index in [4.69, 9.17) is 0 Å². The van der Waals surface area contributed by atoms with Crippen molar-refractivity contribution in [2.75, 3.05) is 18.5 Å². The van der Waals surface area contributed by atoms with E-state index < -0.39 is 16.1 Å². The van der Waals surface area contributed by atoms with Crippen LogP contribution in [0.2, 0.25) is 0 Å². The van der Waals surface area contributed by atoms with E-state index in [1.165, 1.54) is 22.9 Å². The fraction of sp³-hybridized carbons (Fsp3) is 0.318. The van der Waals surface area contributed by atoms with Gasteiger partial charge in [0.25, 0.3) is 10.0 Å². The summed E-state index contributed by atoms with van der Waals surface area (Å²) in [4.78, 5) is 4.06. The summed E-state index contributed by atoms with van der Waals surface area (Å²) in [5.41, 5.74) is 2.68. The minimum absolute atomic E-state index is 0.00143. The molecule has 0 spiro atoms. The summed E-state index contributed by atoms with van der Waals surface area (Å²) in [7, 11) is -2.11. The Labute approximate surface area is 180 Å². The van der Waals surface area contributed by atoms with Crippen molar-refractivity contribution in [2.24, 2.45) is 13.0 Å². The lowest BCUT2D eigenvalue weighted by Crippen LogP contribution is -2.42. The van der Waals surface area contributed by atoms with Crippen LogP contribution in [0.1, 0.15) is 18.0 Å². The van der Waals surface area contributed by atoms with E-state index in [-0.39, 0.29) is 29.4 Å². The van der Waals surface area contributed by atoms with Crippen LogP contribution in [0.5, 0.6) is 0 Å². The molecule has 3 aromatic rings. The number of aromatic nitrogens is 2. The number of sulfonamides is 1. The number of anilines is 1. The number of hydrogen-bond acceptors (Lipinski definition) is 5. The Hall–Kier alpha value is -2.75. The fourth-order valence-corrected chi connectivity index (χ4v) is 6.43. The molecule has 2 aliphatic heterocycles. The number of aliphatic hydroxyl groups excluding tert-OH is 1. The second-order valence-electron chi connectivity index (χ2n) is 8.11. The van der Waals surface area contributed by atoms with Gasteiger partial charge in [0.1, 0.15) is 5.82 Å². The van der Waals surface area contributed by atoms with Crippen molar-refractivity contribution in [3.05, 3.63) is 66.4 Å². The summed E-state index contributed by atoms with van der Waals surface area (Å²) >= 11 is 0. The first-order valence-corrected chi connectivity index (χ1v) is 11.6. The highest BCUT2D eigenvalue weighted by atomic mass is 32.2. The van der Waals surface area contributed by atoms with E-state index in [9.17, 15) is 17.9 Å². The lowest BCUT2D eigenvalue weighted by Gasteiger charge is -2.38. The van der Waals surface area contributed by atoms with Gasteiger partial charge in [0, 0.05) is 37.0 Å². The first-order chi connectivity index (χ1) is 14.9. The molecule has 162 valence electrons. The van der Waals surface area contributed by atoms with Gasteiger partial charge in [0.05, 0.1) is 25.0 Å². The molecule has 2 aromatic carbocycles. The van der Waals surface area contributed by atoms with Crippen LogP contribution in [0.25, 0.3) is 11.1 Å². The Morgan fingerprint density at radius 3 is 2.77 bits per heavy atom. The standard InChI is InChI=1S/C22H23FN4O3S/c1-26-11-21(24-13-26)31(29,30)27-9-8-16-20(12-28)25-19-7-6-14(10-17(19)22(16)27)15-4-2-3-5-18(15)23/h2-7,10-11,13,16,20,22,25,28H,8-9,12H2,1H3/t16-,20+,22-/m0/s1. The van der Waals surface area contributed by atoms with E-state index in [2.05, 4.69) is 10.3 Å². The Balaban J connectivity index is 1.63. The minimum Gasteiger partial charge on any atom is -0.394 e. The van der Waals surface area contributed by atoms with Crippen molar-refractivity contribution in [3.63, 3.8) is 0 Å². The normalized spacial score (nSPS) is 23.3. The second kappa shape index (κ2) is 7.44. The maximum Gasteiger partial charge on any atom is 0.262 e. The minimum atomic E-state index is -3.83. The van der Waals surface area contributed by atoms with Crippen molar-refractivity contribution in [1.29, 1.82) is 0 Å². The van der Waals surface area contributed by atoms with Crippen LogP contribution >= 0.6 is 0 Å². The SMILES string of the molecule is Cn1cnc(S(=O)(=O)N2CC[C@@H]3[C@H]2c2cc(-c4ccccc4F)ccc2N[C@@H]3CO)c1. The Bertz CT molecular complexity index is 1240.